The molecule has 0 amide bonds. The number of carbonyl (C=O) groups is 1. The Morgan fingerprint density at radius 1 is 0.606 bits per heavy atom. The topological polar surface area (TPSA) is 26.3 Å². The fraction of sp³-hybridized carbons (Fsp3) is 0.786. The Hall–Kier alpha value is -1.98. The van der Waals surface area contributed by atoms with E-state index in [9.17, 15) is 79.4 Å². The molecule has 0 radical (unpaired) electrons. The van der Waals surface area contributed by atoms with Crippen molar-refractivity contribution in [1.29, 1.82) is 0 Å². The first-order valence-electron chi connectivity index (χ1n) is 7.73. The van der Waals surface area contributed by atoms with Gasteiger partial charge < -0.3 is 4.74 Å². The van der Waals surface area contributed by atoms with E-state index in [0.717, 1.165) is 6.92 Å². The van der Waals surface area contributed by atoms with Gasteiger partial charge in [0.05, 0.1) is 0 Å². The van der Waals surface area contributed by atoms with Gasteiger partial charge in [0.15, 0.2) is 0 Å². The Bertz CT molecular complexity index is 761. The molecular weight excluding hydrogens is 523 g/mol. The van der Waals surface area contributed by atoms with Gasteiger partial charge >= 0.3 is 53.8 Å². The predicted octanol–water partition coefficient (Wildman–Crippen LogP) is 6.85. The first-order valence-corrected chi connectivity index (χ1v) is 7.73. The Labute approximate surface area is 171 Å². The van der Waals surface area contributed by atoms with Crippen LogP contribution < -0.4 is 0 Å². The molecule has 1 unspecified atom stereocenters. The van der Waals surface area contributed by atoms with E-state index in [0.29, 0.717) is 13.0 Å². The molecule has 0 aromatic rings. The lowest BCUT2D eigenvalue weighted by Crippen LogP contribution is -2.76. The van der Waals surface area contributed by atoms with Crippen LogP contribution in [0.15, 0.2) is 11.6 Å². The highest BCUT2D eigenvalue weighted by atomic mass is 19.4. The molecule has 0 aliphatic heterocycles. The zero-order chi connectivity index (χ0) is 27.3. The summed E-state index contributed by atoms with van der Waals surface area (Å²) in [4.78, 5) is 11.4. The number of carbonyl (C=O) groups excluding carboxylic acids is 1. The highest BCUT2D eigenvalue weighted by Crippen LogP contribution is 2.64. The molecule has 0 spiro atoms. The normalized spacial score (nSPS) is 17.6. The van der Waals surface area contributed by atoms with Gasteiger partial charge in [0, 0.05) is 5.57 Å². The summed E-state index contributed by atoms with van der Waals surface area (Å²) in [6.07, 6.45) is -15.5. The maximum Gasteiger partial charge on any atom is 0.461 e. The molecular formula is C14H9F17O2. The van der Waals surface area contributed by atoms with E-state index >= 15 is 0 Å². The van der Waals surface area contributed by atoms with Crippen LogP contribution in [0, 0.1) is 0 Å². The molecule has 19 heteroatoms. The monoisotopic (exact) mass is 532 g/mol. The van der Waals surface area contributed by atoms with Gasteiger partial charge in [0.2, 0.25) is 0 Å². The van der Waals surface area contributed by atoms with Gasteiger partial charge in [-0.05, 0) is 13.3 Å². The van der Waals surface area contributed by atoms with Crippen molar-refractivity contribution in [2.24, 2.45) is 0 Å². The van der Waals surface area contributed by atoms with Crippen molar-refractivity contribution in [1.82, 2.24) is 0 Å². The number of ether oxygens (including phenoxy) is 1. The van der Waals surface area contributed by atoms with E-state index in [1.807, 2.05) is 0 Å². The van der Waals surface area contributed by atoms with Gasteiger partial charge in [-0.1, -0.05) is 13.0 Å². The minimum Gasteiger partial charge on any atom is -0.413 e. The minimum absolute atomic E-state index is 0.334. The molecule has 0 aromatic heterocycles. The van der Waals surface area contributed by atoms with Crippen LogP contribution in [-0.4, -0.2) is 53.8 Å². The number of rotatable bonds is 8. The van der Waals surface area contributed by atoms with Gasteiger partial charge in [0.25, 0.3) is 0 Å². The lowest BCUT2D eigenvalue weighted by Gasteiger charge is -2.44. The van der Waals surface area contributed by atoms with Crippen LogP contribution >= 0.6 is 0 Å². The van der Waals surface area contributed by atoms with E-state index in [1.165, 1.54) is 0 Å². The SMILES string of the molecule is CCC=C(C)C(=O)OC(F)(C(F)(F)C(F)(F)F)C(F)(F)C(F)(F)C(F)(F)C(F)(F)C(F)(F)F. The standard InChI is InChI=1S/C14H9F17O2/c1-3-4-5(2)6(32)33-12(25,11(23,24)14(29,30)31)9(19,20)7(15,16)8(17,18)10(21,22)13(26,27)28/h4H,3H2,1-2H3. The summed E-state index contributed by atoms with van der Waals surface area (Å²) >= 11 is 0. The van der Waals surface area contributed by atoms with Crippen LogP contribution in [0.2, 0.25) is 0 Å². The smallest absolute Gasteiger partial charge is 0.413 e. The molecule has 0 bridgehead atoms. The highest BCUT2D eigenvalue weighted by Gasteiger charge is 2.96. The van der Waals surface area contributed by atoms with Crippen molar-refractivity contribution in [3.63, 3.8) is 0 Å². The first-order chi connectivity index (χ1) is 14.1. The van der Waals surface area contributed by atoms with Crippen molar-refractivity contribution in [3.05, 3.63) is 11.6 Å². The molecule has 0 N–H and O–H groups in total. The average Bonchev–Trinajstić information content (AvgIpc) is 2.58. The summed E-state index contributed by atoms with van der Waals surface area (Å²) in [5.41, 5.74) is -1.34. The minimum atomic E-state index is -8.68. The maximum atomic E-state index is 14.4. The molecule has 1 atom stereocenters. The lowest BCUT2D eigenvalue weighted by molar-refractivity contribution is -0.479. The van der Waals surface area contributed by atoms with Crippen LogP contribution in [0.5, 0.6) is 0 Å². The van der Waals surface area contributed by atoms with Crippen molar-refractivity contribution >= 4 is 5.97 Å². The van der Waals surface area contributed by atoms with Crippen LogP contribution in [0.25, 0.3) is 0 Å². The van der Waals surface area contributed by atoms with Gasteiger partial charge in [-0.15, -0.1) is 0 Å². The predicted molar refractivity (Wildman–Crippen MR) is 70.8 cm³/mol. The quantitative estimate of drug-likeness (QED) is 0.194. The molecule has 0 aromatic carbocycles. The summed E-state index contributed by atoms with van der Waals surface area (Å²) in [5, 5.41) is 0. The lowest BCUT2D eigenvalue weighted by atomic mass is 9.89. The molecule has 0 rings (SSSR count). The summed E-state index contributed by atoms with van der Waals surface area (Å²) in [5.74, 6) is -53.1. The number of allylic oxidation sites excluding steroid dienone is 1. The molecule has 0 saturated heterocycles. The van der Waals surface area contributed by atoms with Gasteiger partial charge in [-0.25, -0.2) is 4.79 Å². The molecule has 0 heterocycles. The van der Waals surface area contributed by atoms with E-state index < -0.39 is 65.8 Å². The van der Waals surface area contributed by atoms with Crippen molar-refractivity contribution in [3.8, 4) is 0 Å². The summed E-state index contributed by atoms with van der Waals surface area (Å²) in [6.45, 7) is 1.41. The van der Waals surface area contributed by atoms with Gasteiger partial charge in [-0.3, -0.25) is 0 Å². The summed E-state index contributed by atoms with van der Waals surface area (Å²) in [7, 11) is 0. The van der Waals surface area contributed by atoms with Crippen LogP contribution in [-0.2, 0) is 9.53 Å². The number of hydrogen-bond acceptors (Lipinski definition) is 2. The Balaban J connectivity index is 7.23. The second kappa shape index (κ2) is 8.35. The van der Waals surface area contributed by atoms with E-state index in [1.54, 1.807) is 0 Å². The van der Waals surface area contributed by atoms with Crippen molar-refractivity contribution in [2.45, 2.75) is 68.1 Å². The third-order valence-electron chi connectivity index (χ3n) is 3.77. The van der Waals surface area contributed by atoms with E-state index in [4.69, 9.17) is 0 Å². The van der Waals surface area contributed by atoms with Crippen molar-refractivity contribution < 1.29 is 84.2 Å². The van der Waals surface area contributed by atoms with Crippen LogP contribution in [0.1, 0.15) is 20.3 Å². The first kappa shape index (κ1) is 31.0. The average molecular weight is 532 g/mol. The Morgan fingerprint density at radius 2 is 0.939 bits per heavy atom. The molecule has 33 heavy (non-hydrogen) atoms. The second-order valence-corrected chi connectivity index (χ2v) is 6.15. The fourth-order valence-corrected chi connectivity index (χ4v) is 1.88. The van der Waals surface area contributed by atoms with Crippen LogP contribution in [0.4, 0.5) is 74.6 Å². The molecule has 0 saturated carbocycles. The molecule has 2 nitrogen and oxygen atoms in total. The number of halogens is 17. The summed E-state index contributed by atoms with van der Waals surface area (Å²) < 4.78 is 224. The Kier molecular flexibility index (Phi) is 7.85. The van der Waals surface area contributed by atoms with Crippen molar-refractivity contribution in [2.75, 3.05) is 0 Å². The number of hydrogen-bond donors (Lipinski definition) is 0. The zero-order valence-corrected chi connectivity index (χ0v) is 15.5. The maximum absolute atomic E-state index is 14.4. The molecule has 0 fully saturated rings. The van der Waals surface area contributed by atoms with E-state index in [2.05, 4.69) is 4.74 Å². The van der Waals surface area contributed by atoms with E-state index in [-0.39, 0.29) is 0 Å². The fourth-order valence-electron chi connectivity index (χ4n) is 1.88. The van der Waals surface area contributed by atoms with Crippen LogP contribution in [0.3, 0.4) is 0 Å². The number of alkyl halides is 17. The Morgan fingerprint density at radius 3 is 1.24 bits per heavy atom. The third-order valence-corrected chi connectivity index (χ3v) is 3.77. The second-order valence-electron chi connectivity index (χ2n) is 6.15. The zero-order valence-electron chi connectivity index (χ0n) is 15.5. The third kappa shape index (κ3) is 4.42. The van der Waals surface area contributed by atoms with Gasteiger partial charge in [0.1, 0.15) is 0 Å². The number of esters is 1. The molecule has 0 aliphatic rings. The largest absolute Gasteiger partial charge is 0.461 e. The molecule has 0 aliphatic carbocycles. The molecule has 196 valence electrons. The summed E-state index contributed by atoms with van der Waals surface area (Å²) in [6, 6.07) is 0. The van der Waals surface area contributed by atoms with Gasteiger partial charge in [-0.2, -0.15) is 74.6 Å². The highest BCUT2D eigenvalue weighted by molar-refractivity contribution is 5.88.